The van der Waals surface area contributed by atoms with E-state index in [1.165, 1.54) is 0 Å². The smallest absolute Gasteiger partial charge is 0.268 e. The Morgan fingerprint density at radius 2 is 2.10 bits per heavy atom. The molecule has 1 aliphatic carbocycles. The molecule has 110 valence electrons. The van der Waals surface area contributed by atoms with Gasteiger partial charge in [-0.05, 0) is 37.1 Å². The summed E-state index contributed by atoms with van der Waals surface area (Å²) in [6, 6.07) is 5.06. The SMILES string of the molecule is Nc1cc(C(=O)NCc2cc(F)ccc2F)n(C2CC2)c1. The van der Waals surface area contributed by atoms with Crippen LogP contribution in [0.2, 0.25) is 0 Å². The van der Waals surface area contributed by atoms with E-state index in [2.05, 4.69) is 5.32 Å². The maximum absolute atomic E-state index is 13.5. The summed E-state index contributed by atoms with van der Waals surface area (Å²) in [6.07, 6.45) is 3.77. The predicted octanol–water partition coefficient (Wildman–Crippen LogP) is 2.61. The molecule has 0 radical (unpaired) electrons. The van der Waals surface area contributed by atoms with Crippen molar-refractivity contribution >= 4 is 11.6 Å². The molecule has 1 fully saturated rings. The maximum Gasteiger partial charge on any atom is 0.268 e. The summed E-state index contributed by atoms with van der Waals surface area (Å²) in [4.78, 5) is 12.2. The summed E-state index contributed by atoms with van der Waals surface area (Å²) in [5, 5.41) is 2.60. The van der Waals surface area contributed by atoms with Crippen molar-refractivity contribution in [1.29, 1.82) is 0 Å². The summed E-state index contributed by atoms with van der Waals surface area (Å²) in [5.41, 5.74) is 6.80. The van der Waals surface area contributed by atoms with Crippen molar-refractivity contribution < 1.29 is 13.6 Å². The minimum absolute atomic E-state index is 0.0713. The Labute approximate surface area is 120 Å². The Hall–Kier alpha value is -2.37. The molecule has 1 aromatic carbocycles. The quantitative estimate of drug-likeness (QED) is 0.909. The number of nitrogen functional groups attached to an aromatic ring is 1. The van der Waals surface area contributed by atoms with E-state index in [-0.39, 0.29) is 18.0 Å². The fourth-order valence-electron chi connectivity index (χ4n) is 2.28. The van der Waals surface area contributed by atoms with Crippen LogP contribution in [0, 0.1) is 11.6 Å². The second kappa shape index (κ2) is 5.20. The number of nitrogens with two attached hydrogens (primary N) is 1. The molecule has 0 bridgehead atoms. The number of halogens is 2. The van der Waals surface area contributed by atoms with Crippen LogP contribution in [0.1, 0.15) is 34.9 Å². The first-order valence-electron chi connectivity index (χ1n) is 6.74. The Morgan fingerprint density at radius 1 is 1.33 bits per heavy atom. The lowest BCUT2D eigenvalue weighted by atomic mass is 10.2. The molecule has 0 atom stereocenters. The van der Waals surface area contributed by atoms with Crippen LogP contribution in [-0.2, 0) is 6.54 Å². The summed E-state index contributed by atoms with van der Waals surface area (Å²) < 4.78 is 28.4. The van der Waals surface area contributed by atoms with Crippen LogP contribution in [0.25, 0.3) is 0 Å². The van der Waals surface area contributed by atoms with Gasteiger partial charge in [0.25, 0.3) is 5.91 Å². The number of carbonyl (C=O) groups is 1. The minimum Gasteiger partial charge on any atom is -0.397 e. The molecule has 6 heteroatoms. The number of anilines is 1. The van der Waals surface area contributed by atoms with Crippen LogP contribution in [0.3, 0.4) is 0 Å². The molecule has 1 aromatic heterocycles. The van der Waals surface area contributed by atoms with Crippen molar-refractivity contribution in [2.24, 2.45) is 0 Å². The summed E-state index contributed by atoms with van der Waals surface area (Å²) in [5.74, 6) is -1.43. The maximum atomic E-state index is 13.5. The van der Waals surface area contributed by atoms with Gasteiger partial charge in [-0.2, -0.15) is 0 Å². The molecule has 3 N–H and O–H groups in total. The first kappa shape index (κ1) is 13.6. The highest BCUT2D eigenvalue weighted by atomic mass is 19.1. The van der Waals surface area contributed by atoms with Crippen molar-refractivity contribution in [1.82, 2.24) is 9.88 Å². The van der Waals surface area contributed by atoms with Crippen molar-refractivity contribution in [3.8, 4) is 0 Å². The van der Waals surface area contributed by atoms with Gasteiger partial charge in [0.1, 0.15) is 17.3 Å². The van der Waals surface area contributed by atoms with Gasteiger partial charge in [0.05, 0.1) is 5.69 Å². The highest BCUT2D eigenvalue weighted by Gasteiger charge is 2.27. The molecule has 4 nitrogen and oxygen atoms in total. The van der Waals surface area contributed by atoms with Gasteiger partial charge in [0.2, 0.25) is 0 Å². The molecule has 1 saturated carbocycles. The molecule has 1 amide bonds. The van der Waals surface area contributed by atoms with Gasteiger partial charge in [-0.25, -0.2) is 8.78 Å². The zero-order valence-corrected chi connectivity index (χ0v) is 11.3. The van der Waals surface area contributed by atoms with Gasteiger partial charge in [-0.15, -0.1) is 0 Å². The lowest BCUT2D eigenvalue weighted by molar-refractivity contribution is 0.0941. The lowest BCUT2D eigenvalue weighted by Gasteiger charge is -2.09. The third kappa shape index (κ3) is 2.89. The second-order valence-corrected chi connectivity index (χ2v) is 5.22. The molecule has 3 rings (SSSR count). The van der Waals surface area contributed by atoms with Gasteiger partial charge in [-0.3, -0.25) is 4.79 Å². The standard InChI is InChI=1S/C15H15F2N3O/c16-10-1-4-13(17)9(5-10)7-19-15(21)14-6-11(18)8-20(14)12-2-3-12/h1,4-6,8,12H,2-3,7,18H2,(H,19,21). The van der Waals surface area contributed by atoms with E-state index in [4.69, 9.17) is 5.73 Å². The van der Waals surface area contributed by atoms with Gasteiger partial charge in [-0.1, -0.05) is 0 Å². The molecule has 1 heterocycles. The number of nitrogens with zero attached hydrogens (tertiary/aromatic N) is 1. The van der Waals surface area contributed by atoms with Crippen molar-refractivity contribution in [2.75, 3.05) is 5.73 Å². The van der Waals surface area contributed by atoms with Gasteiger partial charge < -0.3 is 15.6 Å². The first-order valence-corrected chi connectivity index (χ1v) is 6.74. The van der Waals surface area contributed by atoms with Crippen LogP contribution in [0.4, 0.5) is 14.5 Å². The third-order valence-electron chi connectivity index (χ3n) is 3.49. The Morgan fingerprint density at radius 3 is 2.81 bits per heavy atom. The molecule has 0 spiro atoms. The third-order valence-corrected chi connectivity index (χ3v) is 3.49. The first-order chi connectivity index (χ1) is 10.0. The Balaban J connectivity index is 1.73. The van der Waals surface area contributed by atoms with Crippen LogP contribution < -0.4 is 11.1 Å². The molecule has 0 aliphatic heterocycles. The van der Waals surface area contributed by atoms with E-state index in [9.17, 15) is 13.6 Å². The molecule has 21 heavy (non-hydrogen) atoms. The summed E-state index contributed by atoms with van der Waals surface area (Å²) >= 11 is 0. The zero-order valence-electron chi connectivity index (χ0n) is 11.3. The highest BCUT2D eigenvalue weighted by molar-refractivity contribution is 5.93. The zero-order chi connectivity index (χ0) is 15.0. The minimum atomic E-state index is -0.547. The fraction of sp³-hybridized carbons (Fsp3) is 0.267. The average Bonchev–Trinajstić information content (AvgIpc) is 3.22. The number of benzene rings is 1. The highest BCUT2D eigenvalue weighted by Crippen LogP contribution is 2.37. The van der Waals surface area contributed by atoms with E-state index < -0.39 is 11.6 Å². The van der Waals surface area contributed by atoms with Gasteiger partial charge in [0, 0.05) is 24.3 Å². The number of amides is 1. The van der Waals surface area contributed by atoms with Crippen LogP contribution in [0.15, 0.2) is 30.5 Å². The van der Waals surface area contributed by atoms with Crippen molar-refractivity contribution in [3.05, 3.63) is 53.4 Å². The van der Waals surface area contributed by atoms with E-state index in [0.29, 0.717) is 17.4 Å². The van der Waals surface area contributed by atoms with Gasteiger partial charge in [0.15, 0.2) is 0 Å². The molecule has 0 saturated heterocycles. The number of hydrogen-bond donors (Lipinski definition) is 2. The Kier molecular flexibility index (Phi) is 3.37. The molecule has 2 aromatic rings. The van der Waals surface area contributed by atoms with Crippen LogP contribution >= 0.6 is 0 Å². The largest absolute Gasteiger partial charge is 0.397 e. The average molecular weight is 291 g/mol. The topological polar surface area (TPSA) is 60.1 Å². The normalized spacial score (nSPS) is 14.2. The van der Waals surface area contributed by atoms with Crippen molar-refractivity contribution in [3.63, 3.8) is 0 Å². The summed E-state index contributed by atoms with van der Waals surface area (Å²) in [6.45, 7) is -0.0713. The van der Waals surface area contributed by atoms with E-state index in [1.54, 1.807) is 12.3 Å². The predicted molar refractivity (Wildman–Crippen MR) is 74.6 cm³/mol. The van der Waals surface area contributed by atoms with Crippen LogP contribution in [0.5, 0.6) is 0 Å². The molecular formula is C15H15F2N3O. The molecular weight excluding hydrogens is 276 g/mol. The molecule has 1 aliphatic rings. The summed E-state index contributed by atoms with van der Waals surface area (Å²) in [7, 11) is 0. The number of rotatable bonds is 4. The van der Waals surface area contributed by atoms with Gasteiger partial charge >= 0.3 is 0 Å². The number of carbonyl (C=O) groups excluding carboxylic acids is 1. The fourth-order valence-corrected chi connectivity index (χ4v) is 2.28. The second-order valence-electron chi connectivity index (χ2n) is 5.22. The monoisotopic (exact) mass is 291 g/mol. The van der Waals surface area contributed by atoms with E-state index >= 15 is 0 Å². The number of hydrogen-bond acceptors (Lipinski definition) is 2. The van der Waals surface area contributed by atoms with Crippen LogP contribution in [-0.4, -0.2) is 10.5 Å². The molecule has 0 unspecified atom stereocenters. The Bertz CT molecular complexity index is 692. The number of nitrogens with one attached hydrogen (secondary N) is 1. The van der Waals surface area contributed by atoms with E-state index in [1.807, 2.05) is 4.57 Å². The van der Waals surface area contributed by atoms with Crippen molar-refractivity contribution in [2.45, 2.75) is 25.4 Å². The van der Waals surface area contributed by atoms with E-state index in [0.717, 1.165) is 31.0 Å². The number of aromatic nitrogens is 1. The lowest BCUT2D eigenvalue weighted by Crippen LogP contribution is -2.25.